The van der Waals surface area contributed by atoms with Crippen molar-refractivity contribution in [3.05, 3.63) is 0 Å². The minimum absolute atomic E-state index is 0.246. The van der Waals surface area contributed by atoms with Crippen LogP contribution in [0.5, 0.6) is 0 Å². The normalized spacial score (nSPS) is 19.1. The van der Waals surface area contributed by atoms with Crippen LogP contribution in [-0.4, -0.2) is 54.5 Å². The van der Waals surface area contributed by atoms with Gasteiger partial charge in [0.1, 0.15) is 0 Å². The van der Waals surface area contributed by atoms with E-state index in [0.29, 0.717) is 12.6 Å². The van der Waals surface area contributed by atoms with Crippen LogP contribution in [0.25, 0.3) is 0 Å². The van der Waals surface area contributed by atoms with E-state index in [1.54, 1.807) is 0 Å². The number of piperidine rings is 1. The van der Waals surface area contributed by atoms with Gasteiger partial charge in [0.25, 0.3) is 0 Å². The third-order valence-electron chi connectivity index (χ3n) is 3.11. The lowest BCUT2D eigenvalue weighted by Gasteiger charge is -2.31. The molecule has 1 rings (SSSR count). The zero-order valence-electron chi connectivity index (χ0n) is 9.91. The van der Waals surface area contributed by atoms with Gasteiger partial charge in [0, 0.05) is 32.2 Å². The minimum Gasteiger partial charge on any atom is -0.342 e. The first-order valence-electron chi connectivity index (χ1n) is 5.93. The third-order valence-corrected chi connectivity index (χ3v) is 3.11. The predicted octanol–water partition coefficient (Wildman–Crippen LogP) is 0.278. The van der Waals surface area contributed by atoms with Crippen LogP contribution in [0.4, 0.5) is 0 Å². The molecule has 0 radical (unpaired) electrons. The first-order valence-corrected chi connectivity index (χ1v) is 5.93. The van der Waals surface area contributed by atoms with Crippen LogP contribution in [0, 0.1) is 0 Å². The van der Waals surface area contributed by atoms with Crippen LogP contribution in [0.15, 0.2) is 0 Å². The maximum Gasteiger partial charge on any atom is 0.236 e. The fourth-order valence-corrected chi connectivity index (χ4v) is 1.98. The van der Waals surface area contributed by atoms with Crippen molar-refractivity contribution in [2.75, 3.05) is 32.7 Å². The Kier molecular flexibility index (Phi) is 5.05. The van der Waals surface area contributed by atoms with Crippen LogP contribution >= 0.6 is 0 Å². The third kappa shape index (κ3) is 3.80. The molecule has 0 aromatic carbocycles. The minimum atomic E-state index is 0.246. The predicted molar refractivity (Wildman–Crippen MR) is 61.6 cm³/mol. The smallest absolute Gasteiger partial charge is 0.236 e. The molecule has 0 aromatic rings. The summed E-state index contributed by atoms with van der Waals surface area (Å²) in [5.41, 5.74) is 5.82. The lowest BCUT2D eigenvalue weighted by molar-refractivity contribution is -0.132. The fraction of sp³-hybridized carbons (Fsp3) is 0.909. The molecule has 1 heterocycles. The molecule has 0 saturated carbocycles. The van der Waals surface area contributed by atoms with E-state index < -0.39 is 0 Å². The molecule has 1 saturated heterocycles. The lowest BCUT2D eigenvalue weighted by Crippen LogP contribution is -2.45. The second kappa shape index (κ2) is 6.08. The topological polar surface area (TPSA) is 49.6 Å². The zero-order chi connectivity index (χ0) is 11.3. The van der Waals surface area contributed by atoms with Gasteiger partial charge in [-0.1, -0.05) is 0 Å². The molecule has 1 aliphatic rings. The standard InChI is InChI=1S/C11H23N3O/c1-3-14(4-2)11(15)9-13-7-5-10(12)6-8-13/h10H,3-9,12H2,1-2H3. The number of nitrogens with zero attached hydrogens (tertiary/aromatic N) is 2. The summed E-state index contributed by atoms with van der Waals surface area (Å²) in [6.07, 6.45) is 2.04. The first kappa shape index (κ1) is 12.5. The first-order chi connectivity index (χ1) is 7.17. The maximum atomic E-state index is 11.8. The van der Waals surface area contributed by atoms with Crippen molar-refractivity contribution in [1.82, 2.24) is 9.80 Å². The van der Waals surface area contributed by atoms with Crippen molar-refractivity contribution in [2.45, 2.75) is 32.7 Å². The Morgan fingerprint density at radius 3 is 2.33 bits per heavy atom. The molecule has 4 nitrogen and oxygen atoms in total. The number of carbonyl (C=O) groups is 1. The van der Waals surface area contributed by atoms with Gasteiger partial charge in [-0.05, 0) is 26.7 Å². The SMILES string of the molecule is CCN(CC)C(=O)CN1CCC(N)CC1. The molecule has 0 spiro atoms. The molecule has 1 aliphatic heterocycles. The van der Waals surface area contributed by atoms with Gasteiger partial charge in [-0.3, -0.25) is 9.69 Å². The van der Waals surface area contributed by atoms with Crippen LogP contribution in [0.1, 0.15) is 26.7 Å². The highest BCUT2D eigenvalue weighted by molar-refractivity contribution is 5.78. The van der Waals surface area contributed by atoms with Gasteiger partial charge in [0.05, 0.1) is 6.54 Å². The number of hydrogen-bond donors (Lipinski definition) is 1. The van der Waals surface area contributed by atoms with E-state index in [0.717, 1.165) is 39.0 Å². The Morgan fingerprint density at radius 2 is 1.87 bits per heavy atom. The summed E-state index contributed by atoms with van der Waals surface area (Å²) in [5.74, 6) is 0.246. The Labute approximate surface area is 92.4 Å². The van der Waals surface area contributed by atoms with Gasteiger partial charge in [-0.25, -0.2) is 0 Å². The second-order valence-electron chi connectivity index (χ2n) is 4.18. The van der Waals surface area contributed by atoms with Gasteiger partial charge in [-0.15, -0.1) is 0 Å². The molecular weight excluding hydrogens is 190 g/mol. The number of nitrogens with two attached hydrogens (primary N) is 1. The number of carbonyl (C=O) groups excluding carboxylic acids is 1. The average Bonchev–Trinajstić information content (AvgIpc) is 2.23. The summed E-state index contributed by atoms with van der Waals surface area (Å²) in [5, 5.41) is 0. The number of likely N-dealkylation sites (tertiary alicyclic amines) is 1. The van der Waals surface area contributed by atoms with Crippen molar-refractivity contribution in [3.63, 3.8) is 0 Å². The van der Waals surface area contributed by atoms with Gasteiger partial charge >= 0.3 is 0 Å². The van der Waals surface area contributed by atoms with E-state index >= 15 is 0 Å². The summed E-state index contributed by atoms with van der Waals surface area (Å²) >= 11 is 0. The van der Waals surface area contributed by atoms with Crippen molar-refractivity contribution in [2.24, 2.45) is 5.73 Å². The largest absolute Gasteiger partial charge is 0.342 e. The highest BCUT2D eigenvalue weighted by atomic mass is 16.2. The van der Waals surface area contributed by atoms with Crippen LogP contribution < -0.4 is 5.73 Å². The molecular formula is C11H23N3O. The Morgan fingerprint density at radius 1 is 1.33 bits per heavy atom. The van der Waals surface area contributed by atoms with E-state index in [9.17, 15) is 4.79 Å². The molecule has 4 heteroatoms. The van der Waals surface area contributed by atoms with E-state index in [-0.39, 0.29) is 5.91 Å². The molecule has 15 heavy (non-hydrogen) atoms. The molecule has 0 aliphatic carbocycles. The van der Waals surface area contributed by atoms with Crippen LogP contribution in [0.2, 0.25) is 0 Å². The van der Waals surface area contributed by atoms with E-state index in [2.05, 4.69) is 4.90 Å². The molecule has 0 bridgehead atoms. The molecule has 0 aromatic heterocycles. The van der Waals surface area contributed by atoms with Gasteiger partial charge in [0.15, 0.2) is 0 Å². The summed E-state index contributed by atoms with van der Waals surface area (Å²) in [6, 6.07) is 0.338. The summed E-state index contributed by atoms with van der Waals surface area (Å²) < 4.78 is 0. The monoisotopic (exact) mass is 213 g/mol. The average molecular weight is 213 g/mol. The van der Waals surface area contributed by atoms with Crippen LogP contribution in [-0.2, 0) is 4.79 Å². The highest BCUT2D eigenvalue weighted by Crippen LogP contribution is 2.08. The van der Waals surface area contributed by atoms with E-state index in [1.165, 1.54) is 0 Å². The van der Waals surface area contributed by atoms with Gasteiger partial charge in [0.2, 0.25) is 5.91 Å². The number of hydrogen-bond acceptors (Lipinski definition) is 3. The van der Waals surface area contributed by atoms with E-state index in [1.807, 2.05) is 18.7 Å². The number of rotatable bonds is 4. The summed E-state index contributed by atoms with van der Waals surface area (Å²) in [6.45, 7) is 8.16. The Bertz CT molecular complexity index is 196. The molecule has 0 atom stereocenters. The van der Waals surface area contributed by atoms with Gasteiger partial charge in [-0.2, -0.15) is 0 Å². The quantitative estimate of drug-likeness (QED) is 0.729. The van der Waals surface area contributed by atoms with Crippen molar-refractivity contribution in [1.29, 1.82) is 0 Å². The lowest BCUT2D eigenvalue weighted by atomic mass is 10.1. The Balaban J connectivity index is 2.31. The molecule has 1 amide bonds. The van der Waals surface area contributed by atoms with Crippen LogP contribution in [0.3, 0.4) is 0 Å². The molecule has 88 valence electrons. The Hall–Kier alpha value is -0.610. The van der Waals surface area contributed by atoms with Crippen molar-refractivity contribution in [3.8, 4) is 0 Å². The van der Waals surface area contributed by atoms with Crippen molar-refractivity contribution < 1.29 is 4.79 Å². The van der Waals surface area contributed by atoms with Crippen molar-refractivity contribution >= 4 is 5.91 Å². The summed E-state index contributed by atoms with van der Waals surface area (Å²) in [7, 11) is 0. The molecule has 1 fully saturated rings. The molecule has 2 N–H and O–H groups in total. The van der Waals surface area contributed by atoms with E-state index in [4.69, 9.17) is 5.73 Å². The zero-order valence-corrected chi connectivity index (χ0v) is 9.91. The molecule has 0 unspecified atom stereocenters. The second-order valence-corrected chi connectivity index (χ2v) is 4.18. The summed E-state index contributed by atoms with van der Waals surface area (Å²) in [4.78, 5) is 15.9. The highest BCUT2D eigenvalue weighted by Gasteiger charge is 2.19. The maximum absolute atomic E-state index is 11.8. The fourth-order valence-electron chi connectivity index (χ4n) is 1.98. The number of amides is 1. The number of likely N-dealkylation sites (N-methyl/N-ethyl adjacent to an activating group) is 1. The van der Waals surface area contributed by atoms with Gasteiger partial charge < -0.3 is 10.6 Å².